The van der Waals surface area contributed by atoms with E-state index in [4.69, 9.17) is 5.73 Å². The number of carbonyl (C=O) groups is 3. The van der Waals surface area contributed by atoms with E-state index < -0.39 is 21.9 Å². The fourth-order valence-corrected chi connectivity index (χ4v) is 4.50. The summed E-state index contributed by atoms with van der Waals surface area (Å²) in [6.45, 7) is 0.722. The number of nitrogens with one attached hydrogen (secondary N) is 2. The fraction of sp³-hybridized carbons (Fsp3) is 0.769. The molecule has 10 heteroatoms. The maximum absolute atomic E-state index is 12.0. The molecule has 2 heterocycles. The van der Waals surface area contributed by atoms with E-state index in [0.29, 0.717) is 32.4 Å². The van der Waals surface area contributed by atoms with E-state index >= 15 is 0 Å². The summed E-state index contributed by atoms with van der Waals surface area (Å²) in [4.78, 5) is 36.3. The summed E-state index contributed by atoms with van der Waals surface area (Å²) in [6.07, 6.45) is 1.46. The Morgan fingerprint density at radius 3 is 2.30 bits per heavy atom. The predicted molar refractivity (Wildman–Crippen MR) is 82.1 cm³/mol. The number of sulfone groups is 1. The Morgan fingerprint density at radius 1 is 1.13 bits per heavy atom. The highest BCUT2D eigenvalue weighted by Gasteiger charge is 2.29. The zero-order valence-corrected chi connectivity index (χ0v) is 13.6. The summed E-state index contributed by atoms with van der Waals surface area (Å²) in [6, 6.07) is -0.950. The highest BCUT2D eigenvalue weighted by atomic mass is 32.2. The molecule has 4 N–H and O–H groups in total. The Balaban J connectivity index is 1.68. The quantitative estimate of drug-likeness (QED) is 0.551. The number of carbonyl (C=O) groups excluding carboxylic acids is 3. The van der Waals surface area contributed by atoms with Crippen LogP contribution in [0.5, 0.6) is 0 Å². The number of urea groups is 1. The van der Waals surface area contributed by atoms with Gasteiger partial charge in [0.2, 0.25) is 11.8 Å². The molecule has 0 saturated carbocycles. The van der Waals surface area contributed by atoms with Crippen molar-refractivity contribution >= 4 is 27.7 Å². The lowest BCUT2D eigenvalue weighted by Crippen LogP contribution is -2.49. The van der Waals surface area contributed by atoms with Gasteiger partial charge in [-0.05, 0) is 19.3 Å². The van der Waals surface area contributed by atoms with Crippen molar-refractivity contribution in [3.63, 3.8) is 0 Å². The van der Waals surface area contributed by atoms with Crippen LogP contribution in [0.4, 0.5) is 4.79 Å². The van der Waals surface area contributed by atoms with Gasteiger partial charge in [-0.1, -0.05) is 0 Å². The Labute approximate surface area is 134 Å². The maximum Gasteiger partial charge on any atom is 0.315 e. The van der Waals surface area contributed by atoms with Gasteiger partial charge in [-0.3, -0.25) is 9.59 Å². The number of primary amides is 1. The highest BCUT2D eigenvalue weighted by Crippen LogP contribution is 2.16. The summed E-state index contributed by atoms with van der Waals surface area (Å²) < 4.78 is 22.6. The van der Waals surface area contributed by atoms with Crippen molar-refractivity contribution in [3.05, 3.63) is 0 Å². The third-order valence-electron chi connectivity index (χ3n) is 4.22. The van der Waals surface area contributed by atoms with Gasteiger partial charge in [-0.2, -0.15) is 0 Å². The zero-order valence-electron chi connectivity index (χ0n) is 12.8. The molecule has 0 bridgehead atoms. The predicted octanol–water partition coefficient (Wildman–Crippen LogP) is -1.80. The van der Waals surface area contributed by atoms with E-state index in [1.807, 2.05) is 0 Å². The van der Waals surface area contributed by atoms with Gasteiger partial charge in [0.15, 0.2) is 9.84 Å². The molecular weight excluding hydrogens is 324 g/mol. The van der Waals surface area contributed by atoms with Crippen molar-refractivity contribution in [2.45, 2.75) is 25.3 Å². The van der Waals surface area contributed by atoms with Gasteiger partial charge in [0.25, 0.3) is 0 Å². The van der Waals surface area contributed by atoms with Crippen LogP contribution < -0.4 is 16.4 Å². The molecule has 0 radical (unpaired) electrons. The lowest BCUT2D eigenvalue weighted by molar-refractivity contribution is -0.133. The Morgan fingerprint density at radius 2 is 1.78 bits per heavy atom. The largest absolute Gasteiger partial charge is 0.369 e. The number of nitrogens with zero attached hydrogens (tertiary/aromatic N) is 1. The normalized spacial score (nSPS) is 24.2. The smallest absolute Gasteiger partial charge is 0.315 e. The summed E-state index contributed by atoms with van der Waals surface area (Å²) in [5.74, 6) is -0.761. The van der Waals surface area contributed by atoms with Crippen molar-refractivity contribution in [1.82, 2.24) is 15.5 Å². The van der Waals surface area contributed by atoms with Crippen molar-refractivity contribution in [2.24, 2.45) is 11.7 Å². The minimum atomic E-state index is -3.06. The third-order valence-corrected chi connectivity index (χ3v) is 5.99. The van der Waals surface area contributed by atoms with E-state index in [-0.39, 0.29) is 35.8 Å². The lowest BCUT2D eigenvalue weighted by atomic mass is 9.96. The molecule has 2 rings (SSSR count). The topological polar surface area (TPSA) is 139 Å². The molecule has 2 aliphatic rings. The summed E-state index contributed by atoms with van der Waals surface area (Å²) in [5, 5.41) is 4.99. The fourth-order valence-electron chi connectivity index (χ4n) is 2.83. The second-order valence-corrected chi connectivity index (χ2v) is 8.21. The Hall–Kier alpha value is -1.84. The zero-order chi connectivity index (χ0) is 17.0. The first kappa shape index (κ1) is 17.5. The lowest BCUT2D eigenvalue weighted by Gasteiger charge is -2.30. The second-order valence-electron chi connectivity index (χ2n) is 5.98. The molecule has 2 saturated heterocycles. The third kappa shape index (κ3) is 5.08. The van der Waals surface area contributed by atoms with Crippen LogP contribution in [0.2, 0.25) is 0 Å². The number of amides is 4. The van der Waals surface area contributed by atoms with Crippen LogP contribution in [-0.2, 0) is 19.4 Å². The molecule has 2 aliphatic heterocycles. The van der Waals surface area contributed by atoms with Crippen LogP contribution in [0.25, 0.3) is 0 Å². The van der Waals surface area contributed by atoms with Crippen molar-refractivity contribution in [1.29, 1.82) is 0 Å². The van der Waals surface area contributed by atoms with Crippen LogP contribution in [0.15, 0.2) is 0 Å². The summed E-state index contributed by atoms with van der Waals surface area (Å²) in [5.41, 5.74) is 5.23. The molecule has 1 atom stereocenters. The van der Waals surface area contributed by atoms with Crippen molar-refractivity contribution in [2.75, 3.05) is 31.1 Å². The number of nitrogens with two attached hydrogens (primary N) is 1. The Bertz CT molecular complexity index is 583. The molecular formula is C13H22N4O5S. The monoisotopic (exact) mass is 346 g/mol. The Kier molecular flexibility index (Phi) is 5.45. The first-order chi connectivity index (χ1) is 10.8. The van der Waals surface area contributed by atoms with E-state index in [9.17, 15) is 22.8 Å². The highest BCUT2D eigenvalue weighted by molar-refractivity contribution is 7.91. The first-order valence-corrected chi connectivity index (χ1v) is 9.41. The van der Waals surface area contributed by atoms with Gasteiger partial charge in [0.1, 0.15) is 0 Å². The average Bonchev–Trinajstić information content (AvgIpc) is 2.83. The molecule has 0 aromatic rings. The number of hydrogen-bond donors (Lipinski definition) is 3. The van der Waals surface area contributed by atoms with Gasteiger partial charge >= 0.3 is 6.03 Å². The number of hydrogen-bond acceptors (Lipinski definition) is 5. The SMILES string of the molecule is NC(=O)C1CCN(C(=O)CNC(=O)N[C@H]2CCS(=O)(=O)C2)CC1. The van der Waals surface area contributed by atoms with Crippen LogP contribution in [0.1, 0.15) is 19.3 Å². The first-order valence-electron chi connectivity index (χ1n) is 7.59. The van der Waals surface area contributed by atoms with E-state index in [0.717, 1.165) is 0 Å². The second kappa shape index (κ2) is 7.16. The average molecular weight is 346 g/mol. The van der Waals surface area contributed by atoms with Crippen LogP contribution in [0.3, 0.4) is 0 Å². The molecule has 23 heavy (non-hydrogen) atoms. The van der Waals surface area contributed by atoms with E-state index in [1.54, 1.807) is 4.90 Å². The molecule has 0 aromatic carbocycles. The van der Waals surface area contributed by atoms with Gasteiger partial charge < -0.3 is 21.3 Å². The van der Waals surface area contributed by atoms with Crippen molar-refractivity contribution < 1.29 is 22.8 Å². The van der Waals surface area contributed by atoms with Gasteiger partial charge in [0, 0.05) is 25.0 Å². The number of likely N-dealkylation sites (tertiary alicyclic amines) is 1. The molecule has 0 spiro atoms. The maximum atomic E-state index is 12.0. The van der Waals surface area contributed by atoms with Crippen molar-refractivity contribution in [3.8, 4) is 0 Å². The minimum absolute atomic E-state index is 0.0605. The van der Waals surface area contributed by atoms with E-state index in [1.165, 1.54) is 0 Å². The van der Waals surface area contributed by atoms with Gasteiger partial charge in [0.05, 0.1) is 18.1 Å². The molecule has 4 amide bonds. The molecule has 0 unspecified atom stereocenters. The molecule has 0 aliphatic carbocycles. The van der Waals surface area contributed by atoms with Gasteiger partial charge in [-0.15, -0.1) is 0 Å². The van der Waals surface area contributed by atoms with Crippen LogP contribution in [-0.4, -0.2) is 68.3 Å². The van der Waals surface area contributed by atoms with Crippen LogP contribution in [0, 0.1) is 5.92 Å². The molecule has 0 aromatic heterocycles. The molecule has 9 nitrogen and oxygen atoms in total. The summed E-state index contributed by atoms with van der Waals surface area (Å²) >= 11 is 0. The minimum Gasteiger partial charge on any atom is -0.369 e. The summed E-state index contributed by atoms with van der Waals surface area (Å²) in [7, 11) is -3.06. The van der Waals surface area contributed by atoms with E-state index in [2.05, 4.69) is 10.6 Å². The number of piperidine rings is 1. The molecule has 2 fully saturated rings. The van der Waals surface area contributed by atoms with Gasteiger partial charge in [-0.25, -0.2) is 13.2 Å². The standard InChI is InChI=1S/C13H22N4O5S/c14-12(19)9-1-4-17(5-2-9)11(18)7-15-13(20)16-10-3-6-23(21,22)8-10/h9-10H,1-8H2,(H2,14,19)(H2,15,16,20)/t10-/m0/s1. The number of rotatable bonds is 4. The molecule has 130 valence electrons. The van der Waals surface area contributed by atoms with Crippen LogP contribution >= 0.6 is 0 Å².